The van der Waals surface area contributed by atoms with E-state index in [4.69, 9.17) is 19.9 Å². The van der Waals surface area contributed by atoms with E-state index in [0.29, 0.717) is 41.3 Å². The average Bonchev–Trinajstić information content (AvgIpc) is 1.58. The largest absolute Gasteiger partial charge is 0.481 e. The number of likely N-dealkylation sites (N-methyl/N-ethyl adjacent to an activating group) is 1. The molecular weight excluding hydrogens is 1180 g/mol. The lowest BCUT2D eigenvalue weighted by molar-refractivity contribution is -0.941. The number of likely N-dealkylation sites (tertiary alicyclic amines) is 1. The number of quaternary nitrogens is 1. The molecule has 0 bridgehead atoms. The molecule has 26 nitrogen and oxygen atoms in total. The van der Waals surface area contributed by atoms with Gasteiger partial charge in [-0.3, -0.25) is 48.1 Å². The van der Waals surface area contributed by atoms with E-state index in [1.165, 1.54) is 13.0 Å². The van der Waals surface area contributed by atoms with Crippen molar-refractivity contribution in [3.8, 4) is 5.75 Å². The van der Waals surface area contributed by atoms with Crippen LogP contribution in [0.5, 0.6) is 5.75 Å². The van der Waals surface area contributed by atoms with E-state index in [9.17, 15) is 63.9 Å². The normalized spacial score (nSPS) is 23.3. The fourth-order valence-corrected chi connectivity index (χ4v) is 12.6. The number of carboxylic acid groups (broad SMARTS) is 2. The number of nitrogens with zero attached hydrogens (tertiary/aromatic N) is 4. The number of amides is 6. The number of esters is 1. The van der Waals surface area contributed by atoms with Crippen molar-refractivity contribution in [1.82, 2.24) is 25.4 Å². The number of thiazole rings is 1. The number of carbonyl (C=O) groups is 10. The van der Waals surface area contributed by atoms with Gasteiger partial charge in [-0.2, -0.15) is 0 Å². The minimum atomic E-state index is -2.02. The third-order valence-corrected chi connectivity index (χ3v) is 17.9. The van der Waals surface area contributed by atoms with Crippen molar-refractivity contribution in [2.75, 3.05) is 39.0 Å². The van der Waals surface area contributed by atoms with Gasteiger partial charge in [0.05, 0.1) is 25.2 Å². The van der Waals surface area contributed by atoms with E-state index in [2.05, 4.69) is 20.9 Å². The summed E-state index contributed by atoms with van der Waals surface area (Å²) in [6, 6.07) is 10.9. The molecule has 3 aliphatic rings. The number of nitrogens with one attached hydrogen (secondary N) is 3. The van der Waals surface area contributed by atoms with Crippen LogP contribution in [0.1, 0.15) is 126 Å². The number of nitrogens with two attached hydrogens (primary N) is 1. The number of imide groups is 1. The maximum atomic E-state index is 15.1. The van der Waals surface area contributed by atoms with E-state index >= 15 is 9.59 Å². The lowest BCUT2D eigenvalue weighted by atomic mass is 9.82. The summed E-state index contributed by atoms with van der Waals surface area (Å²) in [4.78, 5) is 139. The molecule has 10 N–H and O–H groups in total. The third kappa shape index (κ3) is 18.3. The van der Waals surface area contributed by atoms with Crippen LogP contribution in [0.4, 0.5) is 5.69 Å². The summed E-state index contributed by atoms with van der Waals surface area (Å²) in [6.45, 7) is 10.6. The van der Waals surface area contributed by atoms with Gasteiger partial charge in [-0.05, 0) is 61.3 Å². The molecule has 27 heteroatoms. The Morgan fingerprint density at radius 2 is 1.61 bits per heavy atom. The number of benzene rings is 2. The maximum Gasteiger partial charge on any atom is 0.335 e. The van der Waals surface area contributed by atoms with Gasteiger partial charge in [0.25, 0.3) is 17.7 Å². The number of aliphatic hydroxyl groups is 3. The zero-order valence-corrected chi connectivity index (χ0v) is 52.3. The van der Waals surface area contributed by atoms with E-state index < -0.39 is 127 Å². The average molecular weight is 1260 g/mol. The predicted octanol–water partition coefficient (Wildman–Crippen LogP) is 2.86. The van der Waals surface area contributed by atoms with Crippen molar-refractivity contribution in [2.45, 2.75) is 167 Å². The van der Waals surface area contributed by atoms with Crippen LogP contribution in [-0.2, 0) is 65.6 Å². The van der Waals surface area contributed by atoms with Crippen molar-refractivity contribution in [1.29, 1.82) is 0 Å². The van der Waals surface area contributed by atoms with Crippen LogP contribution in [0.2, 0.25) is 0 Å². The van der Waals surface area contributed by atoms with Crippen molar-refractivity contribution in [2.24, 2.45) is 29.4 Å². The molecule has 2 saturated heterocycles. The summed E-state index contributed by atoms with van der Waals surface area (Å²) in [5, 5.41) is 61.2. The molecule has 0 aliphatic carbocycles. The number of Topliss-reactive ketones (excluding diaryl/α,β-unsaturated/α-hetero) is 1. The number of aromatic nitrogens is 1. The number of hydrogen-bond acceptors (Lipinski definition) is 19. The highest BCUT2D eigenvalue weighted by atomic mass is 32.1. The van der Waals surface area contributed by atoms with Gasteiger partial charge >= 0.3 is 17.9 Å². The predicted molar refractivity (Wildman–Crippen MR) is 322 cm³/mol. The molecule has 89 heavy (non-hydrogen) atoms. The Bertz CT molecular complexity index is 3050. The van der Waals surface area contributed by atoms with E-state index in [0.717, 1.165) is 41.9 Å². The summed E-state index contributed by atoms with van der Waals surface area (Å²) >= 11 is 1.11. The fraction of sp³-hybridized carbons (Fsp3) is 0.565. The van der Waals surface area contributed by atoms with Crippen molar-refractivity contribution in [3.05, 3.63) is 87.9 Å². The molecule has 6 rings (SSSR count). The Morgan fingerprint density at radius 1 is 0.921 bits per heavy atom. The number of ether oxygens (including phenoxy) is 3. The van der Waals surface area contributed by atoms with Crippen molar-refractivity contribution in [3.63, 3.8) is 0 Å². The molecular formula is C62H85N8O18S+. The molecule has 1 aromatic heterocycles. The standard InChI is InChI=1S/C62H84N8O18S/c1-9-34(4)40(59(81)68(7)43(33(2)3)29-48(86-36(6)71)58-67-42(32-89-58)56(79)65-39(25-35(5)60(82)83)26-37-15-11-10-12-16-37)28-46(72)45-17-13-14-24-70(45,8)31-38-18-19-47(87-62-54(78)52(76)53(77)55(88-62)61(84)85)41(27-38)66-49(73)22-23-64-57(80)44(30-63)69-50(74)20-21-51(69)75/h10-12,15-16,18-21,27,32-35,39-40,43-45,48,52-55,62,76-78H,9,13-14,17,22-26,28-31,63H2,1-8H3,(H4-,64,65,66,73,79,80,82,83,84,85)/p+1/t34-,35-,39+,40-,43+,44-,45+,48+,52-,53-,54+,55-,62+,70?/m0/s1. The molecule has 14 atom stereocenters. The Balaban J connectivity index is 1.20. The van der Waals surface area contributed by atoms with E-state index in [1.54, 1.807) is 36.4 Å². The highest BCUT2D eigenvalue weighted by Crippen LogP contribution is 2.37. The minimum Gasteiger partial charge on any atom is -0.481 e. The monoisotopic (exact) mass is 1260 g/mol. The van der Waals surface area contributed by atoms with Crippen LogP contribution in [0.3, 0.4) is 0 Å². The molecule has 6 amide bonds. The van der Waals surface area contributed by atoms with E-state index in [-0.39, 0.29) is 83.9 Å². The first-order valence-electron chi connectivity index (χ1n) is 30.0. The summed E-state index contributed by atoms with van der Waals surface area (Å²) < 4.78 is 17.4. The Hall–Kier alpha value is -7.53. The summed E-state index contributed by atoms with van der Waals surface area (Å²) in [6.07, 6.45) is -6.17. The van der Waals surface area contributed by atoms with Crippen molar-refractivity contribution < 1.29 is 92.2 Å². The van der Waals surface area contributed by atoms with Gasteiger partial charge in [-0.25, -0.2) is 9.78 Å². The Labute approximate surface area is 520 Å². The first-order valence-corrected chi connectivity index (χ1v) is 30.8. The highest BCUT2D eigenvalue weighted by molar-refractivity contribution is 7.09. The third-order valence-electron chi connectivity index (χ3n) is 17.0. The molecule has 2 aromatic carbocycles. The number of carboxylic acids is 2. The summed E-state index contributed by atoms with van der Waals surface area (Å²) in [5.41, 5.74) is 7.25. The number of aliphatic carboxylic acids is 2. The van der Waals surface area contributed by atoms with Crippen LogP contribution in [-0.4, -0.2) is 193 Å². The SMILES string of the molecule is CC[C@H](C)[C@H](CC(=O)[C@H]1CCCC[N+]1(C)Cc1ccc(O[C@@H]2O[C@H](C(=O)O)[C@@H](O)[C@H](O)[C@H]2O)c(NC(=O)CCNC(=O)[C@H](CN)N2C(=O)C=CC2=O)c1)C(=O)N(C)[C@H](C[C@@H](OC(C)=O)c1nc(C(=O)N[C@@H](Cc2ccccc2)C[C@H](C)C(=O)O)cs1)C(C)C. The molecule has 1 unspecified atom stereocenters. The molecule has 486 valence electrons. The minimum absolute atomic E-state index is 0.0259. The quantitative estimate of drug-likeness (QED) is 0.0254. The number of anilines is 1. The number of carbonyl (C=O) groups excluding carboxylic acids is 8. The first-order chi connectivity index (χ1) is 42.1. The van der Waals surface area contributed by atoms with Gasteiger partial charge in [0.1, 0.15) is 53.4 Å². The number of rotatable bonds is 31. The maximum absolute atomic E-state index is 15.1. The fourth-order valence-electron chi connectivity index (χ4n) is 11.7. The van der Waals surface area contributed by atoms with Gasteiger partial charge in [-0.1, -0.05) is 71.4 Å². The molecule has 4 heterocycles. The van der Waals surface area contributed by atoms with Gasteiger partial charge < -0.3 is 70.8 Å². The smallest absolute Gasteiger partial charge is 0.335 e. The number of ketones is 1. The summed E-state index contributed by atoms with van der Waals surface area (Å²) in [5.74, 6) is -9.32. The van der Waals surface area contributed by atoms with Crippen LogP contribution < -0.4 is 26.4 Å². The van der Waals surface area contributed by atoms with Gasteiger partial charge in [0.15, 0.2) is 18.0 Å². The molecule has 0 saturated carbocycles. The van der Waals surface area contributed by atoms with Crippen LogP contribution in [0.15, 0.2) is 66.1 Å². The molecule has 2 fully saturated rings. The lowest BCUT2D eigenvalue weighted by Gasteiger charge is -2.45. The Morgan fingerprint density at radius 3 is 2.22 bits per heavy atom. The Kier molecular flexibility index (Phi) is 25.2. The number of aliphatic hydroxyl groups excluding tert-OH is 3. The highest BCUT2D eigenvalue weighted by Gasteiger charge is 2.49. The molecule has 3 aliphatic heterocycles. The second-order valence-corrected chi connectivity index (χ2v) is 24.8. The summed E-state index contributed by atoms with van der Waals surface area (Å²) in [7, 11) is 3.59. The molecule has 3 aromatic rings. The van der Waals surface area contributed by atoms with Crippen molar-refractivity contribution >= 4 is 76.2 Å². The van der Waals surface area contributed by atoms with Crippen LogP contribution >= 0.6 is 11.3 Å². The first kappa shape index (κ1) is 70.6. The van der Waals surface area contributed by atoms with Gasteiger partial charge in [-0.15, -0.1) is 11.3 Å². The van der Waals surface area contributed by atoms with E-state index in [1.807, 2.05) is 65.1 Å². The van der Waals surface area contributed by atoms with Gasteiger partial charge in [0.2, 0.25) is 24.0 Å². The molecule has 0 spiro atoms. The van der Waals surface area contributed by atoms with Gasteiger partial charge in [0, 0.05) is 93.8 Å². The lowest BCUT2D eigenvalue weighted by Crippen LogP contribution is -2.61. The second-order valence-electron chi connectivity index (χ2n) is 23.9. The molecule has 0 radical (unpaired) electrons. The topological polar surface area (TPSA) is 381 Å². The zero-order chi connectivity index (χ0) is 65.6. The van der Waals surface area contributed by atoms with Crippen LogP contribution in [0.25, 0.3) is 0 Å². The number of hydrogen-bond donors (Lipinski definition) is 9. The zero-order valence-electron chi connectivity index (χ0n) is 51.4. The van der Waals surface area contributed by atoms with Crippen LogP contribution in [0, 0.1) is 23.7 Å². The number of piperidine rings is 1. The second kappa shape index (κ2) is 31.8.